The minimum atomic E-state index is -0.481. The lowest BCUT2D eigenvalue weighted by Gasteiger charge is -2.36. The fourth-order valence-electron chi connectivity index (χ4n) is 3.06. The summed E-state index contributed by atoms with van der Waals surface area (Å²) >= 11 is 0. The summed E-state index contributed by atoms with van der Waals surface area (Å²) in [4.78, 5) is 21.3. The van der Waals surface area contributed by atoms with Gasteiger partial charge in [-0.1, -0.05) is 18.2 Å². The first-order valence-corrected chi connectivity index (χ1v) is 8.73. The predicted octanol–water partition coefficient (Wildman–Crippen LogP) is 2.81. The van der Waals surface area contributed by atoms with Crippen LogP contribution in [-0.2, 0) is 4.79 Å². The normalized spacial score (nSPS) is 15.8. The lowest BCUT2D eigenvalue weighted by atomic mass is 10.2. The summed E-state index contributed by atoms with van der Waals surface area (Å²) in [5, 5.41) is 0. The third-order valence-corrected chi connectivity index (χ3v) is 4.44. The number of carbonyl (C=O) groups is 1. The van der Waals surface area contributed by atoms with E-state index >= 15 is 0 Å². The molecule has 0 N–H and O–H groups in total. The van der Waals surface area contributed by atoms with E-state index < -0.39 is 6.10 Å². The number of carbonyl (C=O) groups excluding carboxylic acids is 1. The van der Waals surface area contributed by atoms with Gasteiger partial charge >= 0.3 is 0 Å². The first-order chi connectivity index (χ1) is 12.0. The number of nitrogens with zero attached hydrogens (tertiary/aromatic N) is 3. The van der Waals surface area contributed by atoms with Crippen LogP contribution in [0.4, 0.5) is 5.82 Å². The Morgan fingerprint density at radius 1 is 1.08 bits per heavy atom. The fourth-order valence-corrected chi connectivity index (χ4v) is 3.06. The number of pyridine rings is 1. The van der Waals surface area contributed by atoms with Crippen molar-refractivity contribution in [3.05, 3.63) is 53.7 Å². The molecule has 1 unspecified atom stereocenters. The Kier molecular flexibility index (Phi) is 5.22. The smallest absolute Gasteiger partial charge is 0.263 e. The molecule has 2 aromatic rings. The predicted molar refractivity (Wildman–Crippen MR) is 99.0 cm³/mol. The van der Waals surface area contributed by atoms with Gasteiger partial charge in [0.15, 0.2) is 6.10 Å². The minimum Gasteiger partial charge on any atom is -0.481 e. The zero-order valence-electron chi connectivity index (χ0n) is 15.1. The number of piperazine rings is 1. The number of amides is 1. The van der Waals surface area contributed by atoms with Crippen LogP contribution in [0, 0.1) is 13.8 Å². The molecule has 132 valence electrons. The van der Waals surface area contributed by atoms with Crippen molar-refractivity contribution < 1.29 is 9.53 Å². The molecular weight excluding hydrogens is 314 g/mol. The number of hydrogen-bond acceptors (Lipinski definition) is 4. The molecule has 0 bridgehead atoms. The van der Waals surface area contributed by atoms with Gasteiger partial charge < -0.3 is 14.5 Å². The molecule has 1 atom stereocenters. The summed E-state index contributed by atoms with van der Waals surface area (Å²) in [6.45, 7) is 8.79. The standard InChI is InChI=1S/C20H25N3O2/c1-15-6-4-8-18(14-15)25-17(3)20(24)23-12-10-22(11-13-23)19-9-5-7-16(2)21-19/h4-9,14,17H,10-13H2,1-3H3. The Morgan fingerprint density at radius 2 is 1.80 bits per heavy atom. The van der Waals surface area contributed by atoms with Crippen molar-refractivity contribution in [3.63, 3.8) is 0 Å². The van der Waals surface area contributed by atoms with Crippen LogP contribution in [0.5, 0.6) is 5.75 Å². The van der Waals surface area contributed by atoms with Crippen molar-refractivity contribution in [2.75, 3.05) is 31.1 Å². The second kappa shape index (κ2) is 7.55. The van der Waals surface area contributed by atoms with E-state index in [1.165, 1.54) is 0 Å². The van der Waals surface area contributed by atoms with Crippen molar-refractivity contribution in [2.24, 2.45) is 0 Å². The van der Waals surface area contributed by atoms with Crippen LogP contribution in [-0.4, -0.2) is 48.1 Å². The van der Waals surface area contributed by atoms with E-state index in [9.17, 15) is 4.79 Å². The maximum Gasteiger partial charge on any atom is 0.263 e. The lowest BCUT2D eigenvalue weighted by molar-refractivity contribution is -0.138. The number of anilines is 1. The molecule has 25 heavy (non-hydrogen) atoms. The molecule has 5 heteroatoms. The second-order valence-electron chi connectivity index (χ2n) is 6.53. The van der Waals surface area contributed by atoms with Crippen LogP contribution in [0.15, 0.2) is 42.5 Å². The highest BCUT2D eigenvalue weighted by Gasteiger charge is 2.26. The summed E-state index contributed by atoms with van der Waals surface area (Å²) < 4.78 is 5.82. The molecule has 1 aliphatic rings. The van der Waals surface area contributed by atoms with Gasteiger partial charge in [-0.3, -0.25) is 4.79 Å². The number of benzene rings is 1. The van der Waals surface area contributed by atoms with Crippen molar-refractivity contribution >= 4 is 11.7 Å². The molecule has 1 saturated heterocycles. The minimum absolute atomic E-state index is 0.0401. The van der Waals surface area contributed by atoms with Crippen LogP contribution < -0.4 is 9.64 Å². The second-order valence-corrected chi connectivity index (χ2v) is 6.53. The molecule has 1 aliphatic heterocycles. The SMILES string of the molecule is Cc1cccc(OC(C)C(=O)N2CCN(c3cccc(C)n3)CC2)c1. The van der Waals surface area contributed by atoms with Gasteiger partial charge in [0.25, 0.3) is 5.91 Å². The van der Waals surface area contributed by atoms with E-state index in [4.69, 9.17) is 4.74 Å². The van der Waals surface area contributed by atoms with Crippen LogP contribution in [0.25, 0.3) is 0 Å². The molecule has 1 amide bonds. The molecule has 0 radical (unpaired) electrons. The Hall–Kier alpha value is -2.56. The largest absolute Gasteiger partial charge is 0.481 e. The average Bonchev–Trinajstić information content (AvgIpc) is 2.61. The van der Waals surface area contributed by atoms with Crippen molar-refractivity contribution in [3.8, 4) is 5.75 Å². The van der Waals surface area contributed by atoms with Gasteiger partial charge in [0, 0.05) is 31.9 Å². The maximum absolute atomic E-state index is 12.7. The van der Waals surface area contributed by atoms with Gasteiger partial charge in [0.2, 0.25) is 0 Å². The lowest BCUT2D eigenvalue weighted by Crippen LogP contribution is -2.52. The van der Waals surface area contributed by atoms with E-state index in [2.05, 4.69) is 9.88 Å². The monoisotopic (exact) mass is 339 g/mol. The Balaban J connectivity index is 1.56. The van der Waals surface area contributed by atoms with Crippen molar-refractivity contribution in [1.82, 2.24) is 9.88 Å². The van der Waals surface area contributed by atoms with Crippen LogP contribution >= 0.6 is 0 Å². The van der Waals surface area contributed by atoms with Gasteiger partial charge in [-0.2, -0.15) is 0 Å². The fraction of sp³-hybridized carbons (Fsp3) is 0.400. The van der Waals surface area contributed by atoms with Gasteiger partial charge in [0.05, 0.1) is 0 Å². The molecular formula is C20H25N3O2. The molecule has 5 nitrogen and oxygen atoms in total. The van der Waals surface area contributed by atoms with Gasteiger partial charge in [-0.25, -0.2) is 4.98 Å². The molecule has 1 aromatic carbocycles. The molecule has 1 aromatic heterocycles. The number of rotatable bonds is 4. The number of aryl methyl sites for hydroxylation is 2. The highest BCUT2D eigenvalue weighted by atomic mass is 16.5. The quantitative estimate of drug-likeness (QED) is 0.859. The number of aromatic nitrogens is 1. The summed E-state index contributed by atoms with van der Waals surface area (Å²) in [5.74, 6) is 1.76. The van der Waals surface area contributed by atoms with Gasteiger partial charge in [-0.05, 0) is 50.6 Å². The van der Waals surface area contributed by atoms with E-state index in [0.717, 1.165) is 35.9 Å². The van der Waals surface area contributed by atoms with Crippen LogP contribution in [0.3, 0.4) is 0 Å². The van der Waals surface area contributed by atoms with E-state index in [-0.39, 0.29) is 5.91 Å². The Bertz CT molecular complexity index is 739. The van der Waals surface area contributed by atoms with Crippen molar-refractivity contribution in [2.45, 2.75) is 26.9 Å². The van der Waals surface area contributed by atoms with Gasteiger partial charge in [-0.15, -0.1) is 0 Å². The zero-order chi connectivity index (χ0) is 17.8. The number of hydrogen-bond donors (Lipinski definition) is 0. The molecule has 2 heterocycles. The summed E-state index contributed by atoms with van der Waals surface area (Å²) in [6.07, 6.45) is -0.481. The first kappa shape index (κ1) is 17.3. The van der Waals surface area contributed by atoms with E-state index in [0.29, 0.717) is 13.1 Å². The first-order valence-electron chi connectivity index (χ1n) is 8.73. The molecule has 1 fully saturated rings. The maximum atomic E-state index is 12.7. The van der Waals surface area contributed by atoms with E-state index in [1.807, 2.05) is 68.1 Å². The Labute approximate surface area is 149 Å². The van der Waals surface area contributed by atoms with E-state index in [1.54, 1.807) is 0 Å². The van der Waals surface area contributed by atoms with Crippen LogP contribution in [0.2, 0.25) is 0 Å². The average molecular weight is 339 g/mol. The third-order valence-electron chi connectivity index (χ3n) is 4.44. The zero-order valence-corrected chi connectivity index (χ0v) is 15.1. The molecule has 0 saturated carbocycles. The summed E-state index contributed by atoms with van der Waals surface area (Å²) in [6, 6.07) is 13.8. The molecule has 0 aliphatic carbocycles. The summed E-state index contributed by atoms with van der Waals surface area (Å²) in [7, 11) is 0. The highest BCUT2D eigenvalue weighted by Crippen LogP contribution is 2.17. The highest BCUT2D eigenvalue weighted by molar-refractivity contribution is 5.81. The van der Waals surface area contributed by atoms with Crippen molar-refractivity contribution in [1.29, 1.82) is 0 Å². The Morgan fingerprint density at radius 3 is 2.48 bits per heavy atom. The van der Waals surface area contributed by atoms with Crippen LogP contribution in [0.1, 0.15) is 18.2 Å². The molecule has 3 rings (SSSR count). The third kappa shape index (κ3) is 4.29. The molecule has 0 spiro atoms. The summed E-state index contributed by atoms with van der Waals surface area (Å²) in [5.41, 5.74) is 2.13. The number of ether oxygens (including phenoxy) is 1. The topological polar surface area (TPSA) is 45.7 Å². The van der Waals surface area contributed by atoms with Gasteiger partial charge in [0.1, 0.15) is 11.6 Å².